The lowest BCUT2D eigenvalue weighted by atomic mass is 9.57. The van der Waals surface area contributed by atoms with Gasteiger partial charge in [-0.05, 0) is 23.4 Å². The molecule has 2 aromatic heterocycles. The molecule has 0 saturated heterocycles. The highest BCUT2D eigenvalue weighted by atomic mass is 19.4. The number of alkyl halides is 6. The minimum Gasteiger partial charge on any atom is -0.295 e. The first kappa shape index (κ1) is 19.2. The number of hydrogen-bond acceptors (Lipinski definition) is 1. The van der Waals surface area contributed by atoms with Crippen molar-refractivity contribution in [2.45, 2.75) is 44.0 Å². The molecular formula is C22H16F6N2. The monoisotopic (exact) mass is 422 g/mol. The number of benzene rings is 2. The summed E-state index contributed by atoms with van der Waals surface area (Å²) in [5.74, 6) is 0. The molecule has 0 N–H and O–H groups in total. The second kappa shape index (κ2) is 5.28. The van der Waals surface area contributed by atoms with Gasteiger partial charge in [-0.25, -0.2) is 4.98 Å². The number of hydrogen-bond donors (Lipinski definition) is 0. The van der Waals surface area contributed by atoms with Crippen molar-refractivity contribution < 1.29 is 26.3 Å². The van der Waals surface area contributed by atoms with Crippen LogP contribution in [0.25, 0.3) is 27.3 Å². The summed E-state index contributed by atoms with van der Waals surface area (Å²) < 4.78 is 88.1. The van der Waals surface area contributed by atoms with Crippen LogP contribution in [0.1, 0.15) is 30.7 Å². The van der Waals surface area contributed by atoms with E-state index in [-0.39, 0.29) is 11.2 Å². The van der Waals surface area contributed by atoms with Gasteiger partial charge in [0.1, 0.15) is 5.65 Å². The molecule has 0 amide bonds. The molecule has 0 saturated carbocycles. The number of imidazole rings is 1. The van der Waals surface area contributed by atoms with Gasteiger partial charge in [-0.2, -0.15) is 26.3 Å². The lowest BCUT2D eigenvalue weighted by Gasteiger charge is -2.50. The van der Waals surface area contributed by atoms with Crippen molar-refractivity contribution in [2.75, 3.05) is 0 Å². The van der Waals surface area contributed by atoms with Crippen LogP contribution in [0.2, 0.25) is 0 Å². The van der Waals surface area contributed by atoms with Crippen molar-refractivity contribution in [3.63, 3.8) is 0 Å². The Labute approximate surface area is 167 Å². The number of aryl methyl sites for hydroxylation is 1. The smallest absolute Gasteiger partial charge is 0.295 e. The van der Waals surface area contributed by atoms with E-state index in [1.807, 2.05) is 6.07 Å². The van der Waals surface area contributed by atoms with Gasteiger partial charge in [0, 0.05) is 16.2 Å². The summed E-state index contributed by atoms with van der Waals surface area (Å²) in [6, 6.07) is 9.96. The Morgan fingerprint density at radius 2 is 1.47 bits per heavy atom. The summed E-state index contributed by atoms with van der Waals surface area (Å²) in [5, 5.41) is 1.90. The molecule has 4 aromatic rings. The molecule has 1 aliphatic heterocycles. The topological polar surface area (TPSA) is 17.3 Å². The number of pyridine rings is 1. The van der Waals surface area contributed by atoms with Crippen LogP contribution in [0.15, 0.2) is 42.6 Å². The highest BCUT2D eigenvalue weighted by Gasteiger charge is 2.80. The van der Waals surface area contributed by atoms with Crippen LogP contribution in [-0.4, -0.2) is 21.7 Å². The second-order valence-corrected chi connectivity index (χ2v) is 8.37. The maximum atomic E-state index is 14.5. The normalized spacial score (nSPS) is 18.0. The van der Waals surface area contributed by atoms with Gasteiger partial charge in [0.05, 0.1) is 17.4 Å². The SMILES string of the molecule is Cc1ccc2c3c1c1ccccc1c1ncc(n13)C(C(F)(F)F)(C(F)(F)F)C2(C)C. The molecule has 30 heavy (non-hydrogen) atoms. The number of aromatic nitrogens is 2. The molecular weight excluding hydrogens is 406 g/mol. The summed E-state index contributed by atoms with van der Waals surface area (Å²) in [5.41, 5.74) is -6.10. The van der Waals surface area contributed by atoms with Gasteiger partial charge in [-0.3, -0.25) is 4.40 Å². The highest BCUT2D eigenvalue weighted by Crippen LogP contribution is 2.64. The highest BCUT2D eigenvalue weighted by molar-refractivity contribution is 6.14. The average Bonchev–Trinajstić information content (AvgIpc) is 3.04. The predicted molar refractivity (Wildman–Crippen MR) is 102 cm³/mol. The largest absolute Gasteiger partial charge is 0.409 e. The molecule has 8 heteroatoms. The molecule has 0 atom stereocenters. The van der Waals surface area contributed by atoms with Crippen molar-refractivity contribution in [2.24, 2.45) is 0 Å². The van der Waals surface area contributed by atoms with Crippen LogP contribution >= 0.6 is 0 Å². The quantitative estimate of drug-likeness (QED) is 0.230. The maximum absolute atomic E-state index is 14.5. The van der Waals surface area contributed by atoms with Crippen molar-refractivity contribution >= 4 is 27.3 Å². The number of halogens is 6. The lowest BCUT2D eigenvalue weighted by Crippen LogP contribution is -2.66. The third-order valence-corrected chi connectivity index (χ3v) is 6.65. The van der Waals surface area contributed by atoms with E-state index >= 15 is 0 Å². The van der Waals surface area contributed by atoms with Gasteiger partial charge in [-0.15, -0.1) is 0 Å². The zero-order valence-corrected chi connectivity index (χ0v) is 16.2. The summed E-state index contributed by atoms with van der Waals surface area (Å²) in [7, 11) is 0. The summed E-state index contributed by atoms with van der Waals surface area (Å²) in [4.78, 5) is 4.08. The Hall–Kier alpha value is -2.77. The predicted octanol–water partition coefficient (Wildman–Crippen LogP) is 6.60. The Morgan fingerprint density at radius 3 is 2.07 bits per heavy atom. The standard InChI is InChI=1S/C22H16F6N2/c1-11-8-9-14-17-16(11)12-6-4-5-7-13(12)18-29-10-15(30(17)18)20(19(14,2)3,21(23,24)25)22(26,27)28/h4-10H,1-3H3. The molecule has 0 spiro atoms. The summed E-state index contributed by atoms with van der Waals surface area (Å²) in [6.07, 6.45) is -10.4. The van der Waals surface area contributed by atoms with Gasteiger partial charge >= 0.3 is 12.4 Å². The van der Waals surface area contributed by atoms with Crippen LogP contribution in [0.4, 0.5) is 26.3 Å². The molecule has 0 bridgehead atoms. The Morgan fingerprint density at radius 1 is 0.867 bits per heavy atom. The van der Waals surface area contributed by atoms with E-state index < -0.39 is 28.9 Å². The van der Waals surface area contributed by atoms with Gasteiger partial charge in [0.15, 0.2) is 0 Å². The van der Waals surface area contributed by atoms with E-state index in [4.69, 9.17) is 0 Å². The number of rotatable bonds is 0. The first-order chi connectivity index (χ1) is 13.9. The Bertz CT molecular complexity index is 1340. The molecule has 156 valence electrons. The molecule has 0 radical (unpaired) electrons. The van der Waals surface area contributed by atoms with Crippen LogP contribution < -0.4 is 0 Å². The third kappa shape index (κ3) is 1.86. The summed E-state index contributed by atoms with van der Waals surface area (Å²) >= 11 is 0. The van der Waals surface area contributed by atoms with Crippen molar-refractivity contribution in [3.05, 3.63) is 59.4 Å². The molecule has 0 fully saturated rings. The fourth-order valence-corrected chi connectivity index (χ4v) is 5.38. The van der Waals surface area contributed by atoms with Gasteiger partial charge < -0.3 is 0 Å². The van der Waals surface area contributed by atoms with Crippen LogP contribution in [0.3, 0.4) is 0 Å². The van der Waals surface area contributed by atoms with E-state index in [9.17, 15) is 26.3 Å². The molecule has 3 heterocycles. The molecule has 0 aliphatic carbocycles. The number of fused-ring (bicyclic) bond motifs is 3. The van der Waals surface area contributed by atoms with E-state index in [0.29, 0.717) is 16.3 Å². The van der Waals surface area contributed by atoms with Gasteiger partial charge in [-0.1, -0.05) is 50.2 Å². The van der Waals surface area contributed by atoms with Crippen LogP contribution in [0.5, 0.6) is 0 Å². The third-order valence-electron chi connectivity index (χ3n) is 6.65. The first-order valence-electron chi connectivity index (χ1n) is 9.31. The Balaban J connectivity index is 2.19. The lowest BCUT2D eigenvalue weighted by molar-refractivity contribution is -0.323. The molecule has 5 rings (SSSR count). The summed E-state index contributed by atoms with van der Waals surface area (Å²) in [6.45, 7) is 3.85. The van der Waals surface area contributed by atoms with Gasteiger partial charge in [0.2, 0.25) is 5.41 Å². The van der Waals surface area contributed by atoms with E-state index in [0.717, 1.165) is 35.4 Å². The van der Waals surface area contributed by atoms with Crippen molar-refractivity contribution in [1.29, 1.82) is 0 Å². The maximum Gasteiger partial charge on any atom is 0.409 e. The van der Waals surface area contributed by atoms with E-state index in [2.05, 4.69) is 4.98 Å². The van der Waals surface area contributed by atoms with Crippen LogP contribution in [0, 0.1) is 6.92 Å². The molecule has 2 aromatic carbocycles. The fraction of sp³-hybridized carbons (Fsp3) is 0.318. The second-order valence-electron chi connectivity index (χ2n) is 8.37. The zero-order chi connectivity index (χ0) is 21.9. The van der Waals surface area contributed by atoms with E-state index in [1.54, 1.807) is 31.2 Å². The van der Waals surface area contributed by atoms with Crippen molar-refractivity contribution in [1.82, 2.24) is 9.38 Å². The fourth-order valence-electron chi connectivity index (χ4n) is 5.38. The molecule has 0 unspecified atom stereocenters. The van der Waals surface area contributed by atoms with Gasteiger partial charge in [0.25, 0.3) is 0 Å². The molecule has 1 aliphatic rings. The average molecular weight is 422 g/mol. The van der Waals surface area contributed by atoms with E-state index in [1.165, 1.54) is 6.07 Å². The minimum absolute atomic E-state index is 0.000923. The van der Waals surface area contributed by atoms with Crippen LogP contribution in [-0.2, 0) is 10.8 Å². The zero-order valence-electron chi connectivity index (χ0n) is 16.2. The Kier molecular flexibility index (Phi) is 3.38. The van der Waals surface area contributed by atoms with Crippen molar-refractivity contribution in [3.8, 4) is 0 Å². The number of nitrogens with zero attached hydrogens (tertiary/aromatic N) is 2. The minimum atomic E-state index is -5.59. The first-order valence-corrected chi connectivity index (χ1v) is 9.31. The molecule has 2 nitrogen and oxygen atoms in total.